The van der Waals surface area contributed by atoms with Crippen LogP contribution in [-0.4, -0.2) is 37.9 Å². The first-order valence-corrected chi connectivity index (χ1v) is 9.23. The number of nitrogens with one attached hydrogen (secondary N) is 1. The third-order valence-corrected chi connectivity index (χ3v) is 6.45. The molecule has 0 saturated carbocycles. The molecule has 0 bridgehead atoms. The van der Waals surface area contributed by atoms with Gasteiger partial charge in [0.2, 0.25) is 10.0 Å². The first-order valence-electron chi connectivity index (χ1n) is 7.41. The predicted molar refractivity (Wildman–Crippen MR) is 86.2 cm³/mol. The summed E-state index contributed by atoms with van der Waals surface area (Å²) in [5, 5.41) is 3.87. The maximum atomic E-state index is 13.0. The molecular formula is C15H23ClN2O2S. The summed E-state index contributed by atoms with van der Waals surface area (Å²) in [7, 11) is -3.51. The van der Waals surface area contributed by atoms with E-state index in [0.717, 1.165) is 18.4 Å². The number of halogens is 1. The van der Waals surface area contributed by atoms with E-state index in [9.17, 15) is 8.42 Å². The van der Waals surface area contributed by atoms with Crippen molar-refractivity contribution >= 4 is 21.6 Å². The SMILES string of the molecule is CCC1CN(S(=O)(=O)c2cc(Cl)ccc2C)C(CC)CN1. The van der Waals surface area contributed by atoms with Crippen LogP contribution < -0.4 is 5.32 Å². The number of benzene rings is 1. The Morgan fingerprint density at radius 3 is 2.67 bits per heavy atom. The number of aryl methyl sites for hydroxylation is 1. The Labute approximate surface area is 132 Å². The zero-order valence-electron chi connectivity index (χ0n) is 12.8. The average Bonchev–Trinajstić information content (AvgIpc) is 2.48. The van der Waals surface area contributed by atoms with Crippen LogP contribution in [0.25, 0.3) is 0 Å². The van der Waals surface area contributed by atoms with Gasteiger partial charge in [-0.1, -0.05) is 31.5 Å². The van der Waals surface area contributed by atoms with E-state index >= 15 is 0 Å². The van der Waals surface area contributed by atoms with Gasteiger partial charge in [-0.15, -0.1) is 0 Å². The van der Waals surface area contributed by atoms with Crippen LogP contribution in [0.15, 0.2) is 23.1 Å². The minimum Gasteiger partial charge on any atom is -0.311 e. The number of rotatable bonds is 4. The minimum absolute atomic E-state index is 0.00354. The molecule has 0 radical (unpaired) electrons. The van der Waals surface area contributed by atoms with Crippen molar-refractivity contribution in [2.75, 3.05) is 13.1 Å². The lowest BCUT2D eigenvalue weighted by Gasteiger charge is -2.39. The molecule has 0 aromatic heterocycles. The van der Waals surface area contributed by atoms with Crippen molar-refractivity contribution in [1.29, 1.82) is 0 Å². The normalized spacial score (nSPS) is 24.2. The number of sulfonamides is 1. The van der Waals surface area contributed by atoms with Crippen molar-refractivity contribution in [3.05, 3.63) is 28.8 Å². The van der Waals surface area contributed by atoms with Crippen LogP contribution in [0.1, 0.15) is 32.3 Å². The molecule has 1 heterocycles. The van der Waals surface area contributed by atoms with Crippen molar-refractivity contribution in [3.63, 3.8) is 0 Å². The van der Waals surface area contributed by atoms with Crippen molar-refractivity contribution in [1.82, 2.24) is 9.62 Å². The zero-order valence-corrected chi connectivity index (χ0v) is 14.3. The second kappa shape index (κ2) is 6.65. The zero-order chi connectivity index (χ0) is 15.6. The van der Waals surface area contributed by atoms with E-state index in [1.807, 2.05) is 13.8 Å². The van der Waals surface area contributed by atoms with Gasteiger partial charge >= 0.3 is 0 Å². The van der Waals surface area contributed by atoms with Crippen molar-refractivity contribution in [3.8, 4) is 0 Å². The van der Waals surface area contributed by atoms with Gasteiger partial charge in [0.1, 0.15) is 0 Å². The highest BCUT2D eigenvalue weighted by molar-refractivity contribution is 7.89. The van der Waals surface area contributed by atoms with E-state index in [-0.39, 0.29) is 12.1 Å². The number of piperazine rings is 1. The molecule has 2 atom stereocenters. The largest absolute Gasteiger partial charge is 0.311 e. The molecule has 1 aliphatic heterocycles. The fourth-order valence-corrected chi connectivity index (χ4v) is 4.96. The minimum atomic E-state index is -3.51. The lowest BCUT2D eigenvalue weighted by molar-refractivity contribution is 0.215. The number of hydrogen-bond donors (Lipinski definition) is 1. The molecule has 1 fully saturated rings. The third-order valence-electron chi connectivity index (χ3n) is 4.15. The molecule has 6 heteroatoms. The Morgan fingerprint density at radius 1 is 1.33 bits per heavy atom. The van der Waals surface area contributed by atoms with Gasteiger partial charge in [0.15, 0.2) is 0 Å². The van der Waals surface area contributed by atoms with E-state index in [2.05, 4.69) is 12.2 Å². The van der Waals surface area contributed by atoms with Gasteiger partial charge in [-0.2, -0.15) is 4.31 Å². The lowest BCUT2D eigenvalue weighted by atomic mass is 10.1. The molecule has 0 aliphatic carbocycles. The van der Waals surface area contributed by atoms with E-state index < -0.39 is 10.0 Å². The monoisotopic (exact) mass is 330 g/mol. The van der Waals surface area contributed by atoms with Crippen molar-refractivity contribution in [2.24, 2.45) is 0 Å². The molecule has 1 aromatic rings. The van der Waals surface area contributed by atoms with Gasteiger partial charge in [0, 0.05) is 30.2 Å². The van der Waals surface area contributed by atoms with Crippen molar-refractivity contribution in [2.45, 2.75) is 50.6 Å². The molecule has 1 N–H and O–H groups in total. The third kappa shape index (κ3) is 3.42. The second-order valence-corrected chi connectivity index (χ2v) is 7.86. The predicted octanol–water partition coefficient (Wildman–Crippen LogP) is 2.80. The number of nitrogens with zero attached hydrogens (tertiary/aromatic N) is 1. The molecule has 0 amide bonds. The fraction of sp³-hybridized carbons (Fsp3) is 0.600. The Morgan fingerprint density at radius 2 is 2.05 bits per heavy atom. The standard InChI is InChI=1S/C15H23ClN2O2S/c1-4-13-10-18(14(5-2)9-17-13)21(19,20)15-8-12(16)7-6-11(15)3/h6-8,13-14,17H,4-5,9-10H2,1-3H3. The summed E-state index contributed by atoms with van der Waals surface area (Å²) in [6.45, 7) is 7.12. The molecule has 1 aromatic carbocycles. The molecule has 118 valence electrons. The quantitative estimate of drug-likeness (QED) is 0.923. The molecular weight excluding hydrogens is 308 g/mol. The summed E-state index contributed by atoms with van der Waals surface area (Å²) in [5.41, 5.74) is 0.737. The summed E-state index contributed by atoms with van der Waals surface area (Å²) in [6.07, 6.45) is 1.71. The van der Waals surface area contributed by atoms with Gasteiger partial charge in [-0.25, -0.2) is 8.42 Å². The van der Waals surface area contributed by atoms with Crippen LogP contribution in [0.3, 0.4) is 0 Å². The van der Waals surface area contributed by atoms with Crippen LogP contribution in [0.2, 0.25) is 5.02 Å². The van der Waals surface area contributed by atoms with Gasteiger partial charge < -0.3 is 5.32 Å². The van der Waals surface area contributed by atoms with Crippen LogP contribution in [-0.2, 0) is 10.0 Å². The van der Waals surface area contributed by atoms with Crippen LogP contribution in [0.5, 0.6) is 0 Å². The highest BCUT2D eigenvalue weighted by atomic mass is 35.5. The average molecular weight is 331 g/mol. The summed E-state index contributed by atoms with van der Waals surface area (Å²) >= 11 is 5.99. The highest BCUT2D eigenvalue weighted by Gasteiger charge is 2.36. The van der Waals surface area contributed by atoms with E-state index in [1.54, 1.807) is 22.5 Å². The Hall–Kier alpha value is -0.620. The maximum absolute atomic E-state index is 13.0. The van der Waals surface area contributed by atoms with E-state index in [0.29, 0.717) is 23.0 Å². The molecule has 2 rings (SSSR count). The Balaban J connectivity index is 2.42. The maximum Gasteiger partial charge on any atom is 0.243 e. The smallest absolute Gasteiger partial charge is 0.243 e. The molecule has 0 spiro atoms. The van der Waals surface area contributed by atoms with Gasteiger partial charge in [-0.3, -0.25) is 0 Å². The van der Waals surface area contributed by atoms with Gasteiger partial charge in [0.25, 0.3) is 0 Å². The molecule has 4 nitrogen and oxygen atoms in total. The van der Waals surface area contributed by atoms with Crippen LogP contribution in [0.4, 0.5) is 0 Å². The summed E-state index contributed by atoms with van der Waals surface area (Å²) in [4.78, 5) is 0.324. The van der Waals surface area contributed by atoms with Crippen LogP contribution >= 0.6 is 11.6 Å². The van der Waals surface area contributed by atoms with E-state index in [1.165, 1.54) is 0 Å². The Bertz CT molecular complexity index is 604. The molecule has 1 saturated heterocycles. The first-order chi connectivity index (χ1) is 9.90. The van der Waals surface area contributed by atoms with Crippen LogP contribution in [0, 0.1) is 6.92 Å². The van der Waals surface area contributed by atoms with Crippen molar-refractivity contribution < 1.29 is 8.42 Å². The Kier molecular flexibility index (Phi) is 5.30. The summed E-state index contributed by atoms with van der Waals surface area (Å²) in [6, 6.07) is 5.25. The topological polar surface area (TPSA) is 49.4 Å². The van der Waals surface area contributed by atoms with Gasteiger partial charge in [0.05, 0.1) is 4.90 Å². The summed E-state index contributed by atoms with van der Waals surface area (Å²) < 4.78 is 27.7. The summed E-state index contributed by atoms with van der Waals surface area (Å²) in [5.74, 6) is 0. The molecule has 21 heavy (non-hydrogen) atoms. The first kappa shape index (κ1) is 16.7. The number of hydrogen-bond acceptors (Lipinski definition) is 3. The fourth-order valence-electron chi connectivity index (χ4n) is 2.73. The highest BCUT2D eigenvalue weighted by Crippen LogP contribution is 2.27. The van der Waals surface area contributed by atoms with E-state index in [4.69, 9.17) is 11.6 Å². The molecule has 2 unspecified atom stereocenters. The van der Waals surface area contributed by atoms with Gasteiger partial charge in [-0.05, 0) is 37.5 Å². The molecule has 1 aliphatic rings. The second-order valence-electron chi connectivity index (χ2n) is 5.56. The lowest BCUT2D eigenvalue weighted by Crippen LogP contribution is -2.57.